The second kappa shape index (κ2) is 10.2. The molecule has 0 radical (unpaired) electrons. The van der Waals surface area contributed by atoms with Gasteiger partial charge in [-0.2, -0.15) is 5.10 Å². The van der Waals surface area contributed by atoms with Gasteiger partial charge in [-0.15, -0.1) is 0 Å². The molecule has 160 valence electrons. The molecule has 0 unspecified atom stereocenters. The maximum atomic E-state index is 12.0. The van der Waals surface area contributed by atoms with Crippen LogP contribution >= 0.6 is 11.6 Å². The van der Waals surface area contributed by atoms with Crippen LogP contribution < -0.4 is 16.0 Å². The summed E-state index contributed by atoms with van der Waals surface area (Å²) in [5.41, 5.74) is 0.743. The number of aliphatic hydroxyl groups is 1. The van der Waals surface area contributed by atoms with Gasteiger partial charge in [-0.3, -0.25) is 19.1 Å². The van der Waals surface area contributed by atoms with E-state index in [0.717, 1.165) is 25.7 Å². The fourth-order valence-corrected chi connectivity index (χ4v) is 3.58. The molecule has 4 N–H and O–H groups in total. The molecular weight excluding hydrogens is 410 g/mol. The van der Waals surface area contributed by atoms with Crippen molar-refractivity contribution in [1.29, 1.82) is 0 Å². The van der Waals surface area contributed by atoms with Gasteiger partial charge in [-0.25, -0.2) is 0 Å². The van der Waals surface area contributed by atoms with Gasteiger partial charge in [0.2, 0.25) is 5.91 Å². The van der Waals surface area contributed by atoms with Crippen LogP contribution in [0.5, 0.6) is 0 Å². The SMILES string of the molecule is O=C(Cn1cc(NC(=O)C(=O)NC[C@H](O)c2ccccc2Cl)cn1)NC1CCCC1. The zero-order chi connectivity index (χ0) is 21.5. The molecule has 3 rings (SSSR count). The molecule has 1 aromatic carbocycles. The highest BCUT2D eigenvalue weighted by atomic mass is 35.5. The van der Waals surface area contributed by atoms with E-state index in [-0.39, 0.29) is 30.7 Å². The van der Waals surface area contributed by atoms with E-state index in [4.69, 9.17) is 11.6 Å². The number of anilines is 1. The van der Waals surface area contributed by atoms with Gasteiger partial charge in [-0.05, 0) is 18.9 Å². The first kappa shape index (κ1) is 21.8. The van der Waals surface area contributed by atoms with Crippen molar-refractivity contribution in [2.45, 2.75) is 44.4 Å². The normalized spacial score (nSPS) is 14.9. The summed E-state index contributed by atoms with van der Waals surface area (Å²) in [4.78, 5) is 36.1. The lowest BCUT2D eigenvalue weighted by molar-refractivity contribution is -0.136. The molecule has 1 heterocycles. The van der Waals surface area contributed by atoms with E-state index in [1.807, 2.05) is 0 Å². The van der Waals surface area contributed by atoms with Crippen molar-refractivity contribution in [3.63, 3.8) is 0 Å². The Kier molecular flexibility index (Phi) is 7.42. The van der Waals surface area contributed by atoms with Gasteiger partial charge in [0.25, 0.3) is 0 Å². The lowest BCUT2D eigenvalue weighted by atomic mass is 10.1. The number of hydrogen-bond acceptors (Lipinski definition) is 5. The van der Waals surface area contributed by atoms with Crippen molar-refractivity contribution in [2.24, 2.45) is 0 Å². The van der Waals surface area contributed by atoms with Crippen molar-refractivity contribution >= 4 is 35.0 Å². The van der Waals surface area contributed by atoms with Crippen LogP contribution in [0.2, 0.25) is 5.02 Å². The highest BCUT2D eigenvalue weighted by Gasteiger charge is 2.19. The molecule has 0 saturated heterocycles. The number of rotatable bonds is 7. The van der Waals surface area contributed by atoms with Gasteiger partial charge in [0.05, 0.1) is 18.0 Å². The maximum Gasteiger partial charge on any atom is 0.313 e. The van der Waals surface area contributed by atoms with E-state index in [0.29, 0.717) is 10.6 Å². The number of nitrogens with one attached hydrogen (secondary N) is 3. The lowest BCUT2D eigenvalue weighted by Crippen LogP contribution is -2.37. The minimum absolute atomic E-state index is 0.0304. The van der Waals surface area contributed by atoms with Crippen molar-refractivity contribution in [3.8, 4) is 0 Å². The maximum absolute atomic E-state index is 12.0. The van der Waals surface area contributed by atoms with Gasteiger partial charge in [0, 0.05) is 29.4 Å². The molecule has 0 bridgehead atoms. The fraction of sp³-hybridized carbons (Fsp3) is 0.400. The molecule has 1 aliphatic rings. The summed E-state index contributed by atoms with van der Waals surface area (Å²) >= 11 is 6.00. The number of hydrogen-bond donors (Lipinski definition) is 4. The van der Waals surface area contributed by atoms with Crippen LogP contribution in [0.3, 0.4) is 0 Å². The monoisotopic (exact) mass is 433 g/mol. The number of carbonyl (C=O) groups is 3. The standard InChI is InChI=1S/C20H24ClN5O4/c21-16-8-4-3-7-15(16)17(27)10-22-19(29)20(30)25-14-9-23-26(11-14)12-18(28)24-13-5-1-2-6-13/h3-4,7-9,11,13,17,27H,1-2,5-6,10,12H2,(H,22,29)(H,24,28)(H,25,30)/t17-/m0/s1. The second-order valence-corrected chi connectivity index (χ2v) is 7.58. The molecule has 0 spiro atoms. The summed E-state index contributed by atoms with van der Waals surface area (Å²) < 4.78 is 1.39. The topological polar surface area (TPSA) is 125 Å². The zero-order valence-electron chi connectivity index (χ0n) is 16.3. The minimum atomic E-state index is -1.04. The molecule has 2 aromatic rings. The van der Waals surface area contributed by atoms with Gasteiger partial charge in [-0.1, -0.05) is 42.6 Å². The Morgan fingerprint density at radius 2 is 1.93 bits per heavy atom. The highest BCUT2D eigenvalue weighted by molar-refractivity contribution is 6.39. The summed E-state index contributed by atoms with van der Waals surface area (Å²) in [5.74, 6) is -1.96. The minimum Gasteiger partial charge on any atom is -0.387 e. The fourth-order valence-electron chi connectivity index (χ4n) is 3.32. The van der Waals surface area contributed by atoms with Crippen LogP contribution in [0.4, 0.5) is 5.69 Å². The third-order valence-corrected chi connectivity index (χ3v) is 5.19. The molecule has 30 heavy (non-hydrogen) atoms. The average molecular weight is 434 g/mol. The molecule has 0 aliphatic heterocycles. The Morgan fingerprint density at radius 3 is 2.67 bits per heavy atom. The molecule has 1 atom stereocenters. The van der Waals surface area contributed by atoms with Crippen LogP contribution in [-0.4, -0.2) is 45.2 Å². The first-order chi connectivity index (χ1) is 14.4. The Balaban J connectivity index is 1.44. The largest absolute Gasteiger partial charge is 0.387 e. The number of aliphatic hydroxyl groups excluding tert-OH is 1. The van der Waals surface area contributed by atoms with E-state index in [1.165, 1.54) is 17.1 Å². The van der Waals surface area contributed by atoms with Crippen LogP contribution in [-0.2, 0) is 20.9 Å². The number of aromatic nitrogens is 2. The second-order valence-electron chi connectivity index (χ2n) is 7.18. The van der Waals surface area contributed by atoms with Crippen LogP contribution in [0.1, 0.15) is 37.4 Å². The molecular formula is C20H24ClN5O4. The molecule has 1 fully saturated rings. The van der Waals surface area contributed by atoms with Crippen LogP contribution in [0.15, 0.2) is 36.7 Å². The summed E-state index contributed by atoms with van der Waals surface area (Å²) in [5, 5.41) is 22.2. The van der Waals surface area contributed by atoms with E-state index < -0.39 is 17.9 Å². The predicted octanol–water partition coefficient (Wildman–Crippen LogP) is 1.38. The quantitative estimate of drug-likeness (QED) is 0.491. The Hall–Kier alpha value is -2.91. The van der Waals surface area contributed by atoms with Crippen LogP contribution in [0.25, 0.3) is 0 Å². The lowest BCUT2D eigenvalue weighted by Gasteiger charge is -2.13. The Morgan fingerprint density at radius 1 is 1.20 bits per heavy atom. The summed E-state index contributed by atoms with van der Waals surface area (Å²) in [6, 6.07) is 6.92. The Bertz CT molecular complexity index is 910. The Labute approximate surface area is 178 Å². The smallest absolute Gasteiger partial charge is 0.313 e. The zero-order valence-corrected chi connectivity index (χ0v) is 17.1. The van der Waals surface area contributed by atoms with E-state index in [1.54, 1.807) is 24.3 Å². The third kappa shape index (κ3) is 6.04. The molecule has 1 aromatic heterocycles. The molecule has 3 amide bonds. The van der Waals surface area contributed by atoms with E-state index >= 15 is 0 Å². The van der Waals surface area contributed by atoms with Gasteiger partial charge in [0.1, 0.15) is 6.54 Å². The highest BCUT2D eigenvalue weighted by Crippen LogP contribution is 2.21. The van der Waals surface area contributed by atoms with Crippen LogP contribution in [0, 0.1) is 0 Å². The third-order valence-electron chi connectivity index (χ3n) is 4.84. The molecule has 9 nitrogen and oxygen atoms in total. The van der Waals surface area contributed by atoms with E-state index in [9.17, 15) is 19.5 Å². The van der Waals surface area contributed by atoms with Gasteiger partial charge < -0.3 is 21.1 Å². The molecule has 10 heteroatoms. The number of benzene rings is 1. The van der Waals surface area contributed by atoms with Crippen molar-refractivity contribution in [1.82, 2.24) is 20.4 Å². The summed E-state index contributed by atoms with van der Waals surface area (Å²) in [6.45, 7) is -0.140. The first-order valence-corrected chi connectivity index (χ1v) is 10.1. The number of halogens is 1. The predicted molar refractivity (Wildman–Crippen MR) is 111 cm³/mol. The number of amides is 3. The van der Waals surface area contributed by atoms with Gasteiger partial charge >= 0.3 is 11.8 Å². The number of nitrogens with zero attached hydrogens (tertiary/aromatic N) is 2. The summed E-state index contributed by atoms with van der Waals surface area (Å²) in [6.07, 6.45) is 6.01. The van der Waals surface area contributed by atoms with Crippen molar-refractivity contribution < 1.29 is 19.5 Å². The molecule has 1 saturated carbocycles. The molecule has 1 aliphatic carbocycles. The van der Waals surface area contributed by atoms with E-state index in [2.05, 4.69) is 21.0 Å². The first-order valence-electron chi connectivity index (χ1n) is 9.76. The van der Waals surface area contributed by atoms with Gasteiger partial charge in [0.15, 0.2) is 0 Å². The average Bonchev–Trinajstić information content (AvgIpc) is 3.38. The number of carbonyl (C=O) groups excluding carboxylic acids is 3. The van der Waals surface area contributed by atoms with Crippen molar-refractivity contribution in [2.75, 3.05) is 11.9 Å². The van der Waals surface area contributed by atoms with Crippen molar-refractivity contribution in [3.05, 3.63) is 47.2 Å². The summed E-state index contributed by atoms with van der Waals surface area (Å²) in [7, 11) is 0.